The number of amides is 1. The summed E-state index contributed by atoms with van der Waals surface area (Å²) in [5.74, 6) is -0.114. The third kappa shape index (κ3) is 1.76. The highest BCUT2D eigenvalue weighted by Gasteiger charge is 2.08. The zero-order chi connectivity index (χ0) is 11.7. The van der Waals surface area contributed by atoms with Crippen LogP contribution in [0.3, 0.4) is 0 Å². The fourth-order valence-electron chi connectivity index (χ4n) is 1.64. The SMILES string of the molecule is O=C(Nc1ccc2[nH]ccc2c1)c1ncn[nH]1. The van der Waals surface area contributed by atoms with Crippen molar-refractivity contribution in [1.82, 2.24) is 20.2 Å². The molecule has 84 valence electrons. The zero-order valence-corrected chi connectivity index (χ0v) is 8.77. The molecule has 0 fully saturated rings. The van der Waals surface area contributed by atoms with Crippen molar-refractivity contribution >= 4 is 22.5 Å². The molecule has 1 aromatic carbocycles. The van der Waals surface area contributed by atoms with Gasteiger partial charge in [0.2, 0.25) is 5.82 Å². The van der Waals surface area contributed by atoms with E-state index >= 15 is 0 Å². The van der Waals surface area contributed by atoms with Gasteiger partial charge in [0.1, 0.15) is 6.33 Å². The molecule has 1 amide bonds. The van der Waals surface area contributed by atoms with Crippen LogP contribution in [0.25, 0.3) is 10.9 Å². The van der Waals surface area contributed by atoms with Crippen molar-refractivity contribution in [3.8, 4) is 0 Å². The van der Waals surface area contributed by atoms with Crippen LogP contribution in [0.5, 0.6) is 0 Å². The third-order valence-electron chi connectivity index (χ3n) is 2.44. The standard InChI is InChI=1S/C11H9N5O/c17-11(10-13-6-14-16-10)15-8-1-2-9-7(5-8)3-4-12-9/h1-6,12H,(H,15,17)(H,13,14,16). The van der Waals surface area contributed by atoms with Crippen LogP contribution in [0.15, 0.2) is 36.8 Å². The molecule has 0 aliphatic carbocycles. The molecule has 2 heterocycles. The number of H-pyrrole nitrogens is 2. The van der Waals surface area contributed by atoms with Crippen molar-refractivity contribution in [2.75, 3.05) is 5.32 Å². The lowest BCUT2D eigenvalue weighted by Gasteiger charge is -2.02. The average Bonchev–Trinajstić information content (AvgIpc) is 2.99. The van der Waals surface area contributed by atoms with Gasteiger partial charge in [0.15, 0.2) is 0 Å². The van der Waals surface area contributed by atoms with E-state index in [4.69, 9.17) is 0 Å². The first kappa shape index (κ1) is 9.59. The molecular formula is C11H9N5O. The van der Waals surface area contributed by atoms with Crippen LogP contribution in [0, 0.1) is 0 Å². The number of nitrogens with one attached hydrogen (secondary N) is 3. The summed E-state index contributed by atoms with van der Waals surface area (Å²) >= 11 is 0. The van der Waals surface area contributed by atoms with E-state index in [9.17, 15) is 4.79 Å². The van der Waals surface area contributed by atoms with Gasteiger partial charge in [0, 0.05) is 22.8 Å². The summed E-state index contributed by atoms with van der Waals surface area (Å²) < 4.78 is 0. The minimum absolute atomic E-state index is 0.194. The summed E-state index contributed by atoms with van der Waals surface area (Å²) in [5.41, 5.74) is 1.75. The summed E-state index contributed by atoms with van der Waals surface area (Å²) in [6, 6.07) is 7.57. The van der Waals surface area contributed by atoms with E-state index in [-0.39, 0.29) is 11.7 Å². The summed E-state index contributed by atoms with van der Waals surface area (Å²) in [6.45, 7) is 0. The van der Waals surface area contributed by atoms with Crippen LogP contribution in [0.1, 0.15) is 10.6 Å². The highest BCUT2D eigenvalue weighted by Crippen LogP contribution is 2.17. The van der Waals surface area contributed by atoms with Crippen molar-refractivity contribution in [2.24, 2.45) is 0 Å². The van der Waals surface area contributed by atoms with Crippen molar-refractivity contribution < 1.29 is 4.79 Å². The Hall–Kier alpha value is -2.63. The van der Waals surface area contributed by atoms with E-state index in [1.54, 1.807) is 0 Å². The molecule has 6 heteroatoms. The Kier molecular flexibility index (Phi) is 2.11. The molecule has 3 rings (SSSR count). The first-order chi connectivity index (χ1) is 8.33. The molecule has 0 saturated heterocycles. The van der Waals surface area contributed by atoms with Gasteiger partial charge in [0.25, 0.3) is 5.91 Å². The van der Waals surface area contributed by atoms with Gasteiger partial charge in [-0.05, 0) is 24.3 Å². The molecule has 0 radical (unpaired) electrons. The quantitative estimate of drug-likeness (QED) is 0.620. The fourth-order valence-corrected chi connectivity index (χ4v) is 1.64. The van der Waals surface area contributed by atoms with Gasteiger partial charge in [-0.15, -0.1) is 0 Å². The van der Waals surface area contributed by atoms with E-state index in [1.807, 2.05) is 30.5 Å². The highest BCUT2D eigenvalue weighted by atomic mass is 16.2. The number of carbonyl (C=O) groups excluding carboxylic acids is 1. The van der Waals surface area contributed by atoms with Gasteiger partial charge in [-0.1, -0.05) is 0 Å². The van der Waals surface area contributed by atoms with E-state index < -0.39 is 0 Å². The molecule has 0 aliphatic heterocycles. The molecule has 0 atom stereocenters. The molecule has 3 aromatic rings. The van der Waals surface area contributed by atoms with E-state index in [0.717, 1.165) is 16.6 Å². The highest BCUT2D eigenvalue weighted by molar-refractivity contribution is 6.02. The Balaban J connectivity index is 1.87. The Morgan fingerprint density at radius 2 is 2.24 bits per heavy atom. The number of anilines is 1. The van der Waals surface area contributed by atoms with Gasteiger partial charge in [-0.25, -0.2) is 4.98 Å². The maximum absolute atomic E-state index is 11.7. The average molecular weight is 227 g/mol. The molecule has 0 bridgehead atoms. The first-order valence-corrected chi connectivity index (χ1v) is 5.07. The Bertz CT molecular complexity index is 655. The molecule has 0 unspecified atom stereocenters. The van der Waals surface area contributed by atoms with Gasteiger partial charge >= 0.3 is 0 Å². The maximum Gasteiger partial charge on any atom is 0.292 e. The van der Waals surface area contributed by atoms with E-state index in [1.165, 1.54) is 6.33 Å². The largest absolute Gasteiger partial charge is 0.361 e. The number of hydrogen-bond donors (Lipinski definition) is 3. The van der Waals surface area contributed by atoms with E-state index in [2.05, 4.69) is 25.5 Å². The molecule has 6 nitrogen and oxygen atoms in total. The number of nitrogens with zero attached hydrogens (tertiary/aromatic N) is 2. The summed E-state index contributed by atoms with van der Waals surface area (Å²) in [5, 5.41) is 9.92. The van der Waals surface area contributed by atoms with Crippen molar-refractivity contribution in [3.05, 3.63) is 42.6 Å². The Morgan fingerprint density at radius 1 is 1.29 bits per heavy atom. The summed E-state index contributed by atoms with van der Waals surface area (Å²) in [4.78, 5) is 18.6. The maximum atomic E-state index is 11.7. The van der Waals surface area contributed by atoms with Crippen LogP contribution in [0.4, 0.5) is 5.69 Å². The number of rotatable bonds is 2. The van der Waals surface area contributed by atoms with Crippen molar-refractivity contribution in [2.45, 2.75) is 0 Å². The second kappa shape index (κ2) is 3.75. The molecule has 0 aliphatic rings. The summed E-state index contributed by atoms with van der Waals surface area (Å²) in [6.07, 6.45) is 3.15. The minimum atomic E-state index is -0.308. The van der Waals surface area contributed by atoms with Crippen LogP contribution >= 0.6 is 0 Å². The molecule has 0 saturated carbocycles. The Morgan fingerprint density at radius 3 is 3.06 bits per heavy atom. The van der Waals surface area contributed by atoms with Crippen LogP contribution in [0.2, 0.25) is 0 Å². The molecule has 3 N–H and O–H groups in total. The summed E-state index contributed by atoms with van der Waals surface area (Å²) in [7, 11) is 0. The number of benzene rings is 1. The smallest absolute Gasteiger partial charge is 0.292 e. The molecule has 17 heavy (non-hydrogen) atoms. The number of fused-ring (bicyclic) bond motifs is 1. The molecular weight excluding hydrogens is 218 g/mol. The zero-order valence-electron chi connectivity index (χ0n) is 8.77. The number of carbonyl (C=O) groups is 1. The van der Waals surface area contributed by atoms with Gasteiger partial charge in [0.05, 0.1) is 0 Å². The number of hydrogen-bond acceptors (Lipinski definition) is 3. The van der Waals surface area contributed by atoms with Crippen molar-refractivity contribution in [3.63, 3.8) is 0 Å². The fraction of sp³-hybridized carbons (Fsp3) is 0. The lowest BCUT2D eigenvalue weighted by molar-refractivity contribution is 0.101. The molecule has 2 aromatic heterocycles. The van der Waals surface area contributed by atoms with Crippen LogP contribution < -0.4 is 5.32 Å². The lowest BCUT2D eigenvalue weighted by Crippen LogP contribution is -2.13. The van der Waals surface area contributed by atoms with Gasteiger partial charge < -0.3 is 10.3 Å². The predicted octanol–water partition coefficient (Wildman–Crippen LogP) is 1.54. The molecule has 0 spiro atoms. The first-order valence-electron chi connectivity index (χ1n) is 5.07. The normalized spacial score (nSPS) is 10.6. The third-order valence-corrected chi connectivity index (χ3v) is 2.44. The predicted molar refractivity (Wildman–Crippen MR) is 62.6 cm³/mol. The van der Waals surface area contributed by atoms with E-state index in [0.29, 0.717) is 0 Å². The second-order valence-electron chi connectivity index (χ2n) is 3.57. The lowest BCUT2D eigenvalue weighted by atomic mass is 10.2. The number of aromatic nitrogens is 4. The van der Waals surface area contributed by atoms with Gasteiger partial charge in [-0.3, -0.25) is 9.89 Å². The van der Waals surface area contributed by atoms with Crippen molar-refractivity contribution in [1.29, 1.82) is 0 Å². The second-order valence-corrected chi connectivity index (χ2v) is 3.57. The minimum Gasteiger partial charge on any atom is -0.361 e. The monoisotopic (exact) mass is 227 g/mol. The number of aromatic amines is 2. The van der Waals surface area contributed by atoms with Crippen LogP contribution in [-0.2, 0) is 0 Å². The van der Waals surface area contributed by atoms with Gasteiger partial charge in [-0.2, -0.15) is 5.10 Å². The Labute approximate surface area is 96.1 Å². The van der Waals surface area contributed by atoms with Crippen LogP contribution in [-0.4, -0.2) is 26.1 Å². The topological polar surface area (TPSA) is 86.5 Å².